The van der Waals surface area contributed by atoms with Crippen molar-refractivity contribution >= 4 is 120 Å². The van der Waals surface area contributed by atoms with Gasteiger partial charge in [-0.25, -0.2) is 27.2 Å². The van der Waals surface area contributed by atoms with Crippen molar-refractivity contribution in [1.29, 1.82) is 0 Å². The highest BCUT2D eigenvalue weighted by Gasteiger charge is 2.43. The number of sulfonamides is 1. The normalized spacial score (nSPS) is 18.8. The van der Waals surface area contributed by atoms with Crippen LogP contribution in [0.5, 0.6) is 0 Å². The summed E-state index contributed by atoms with van der Waals surface area (Å²) in [6, 6.07) is 13.2. The topological polar surface area (TPSA) is 331 Å². The second-order valence-corrected chi connectivity index (χ2v) is 25.9. The Morgan fingerprint density at radius 1 is 0.833 bits per heavy atom. The number of nitrogens with one attached hydrogen (secondary N) is 9. The number of carbonyl (C=O) groups excluding carboxylic acids is 5. The Morgan fingerprint density at radius 3 is 2.22 bits per heavy atom. The molecule has 3 fully saturated rings. The van der Waals surface area contributed by atoms with E-state index in [2.05, 4.69) is 47.3 Å². The lowest BCUT2D eigenvalue weighted by Gasteiger charge is -2.32. The summed E-state index contributed by atoms with van der Waals surface area (Å²) in [6.45, 7) is 8.76. The molecule has 4 aliphatic rings. The molecule has 4 unspecified atom stereocenters. The Morgan fingerprint density at radius 2 is 1.53 bits per heavy atom. The third kappa shape index (κ3) is 15.8. The van der Waals surface area contributed by atoms with E-state index in [0.717, 1.165) is 18.9 Å². The number of carbonyl (C=O) groups is 7. The molecule has 4 aromatic carbocycles. The number of hydrogen-bond donors (Lipinski definition) is 11. The molecule has 0 spiro atoms. The molecule has 11 N–H and O–H groups in total. The third-order valence-corrected chi connectivity index (χ3v) is 18.1. The Labute approximate surface area is 529 Å². The molecule has 2 aliphatic heterocycles. The zero-order chi connectivity index (χ0) is 64.7. The van der Waals surface area contributed by atoms with E-state index < -0.39 is 105 Å². The van der Waals surface area contributed by atoms with Gasteiger partial charge in [0, 0.05) is 67.1 Å². The predicted octanol–water partition coefficient (Wildman–Crippen LogP) is 7.89. The minimum Gasteiger partial charge on any atom is -0.481 e. The minimum absolute atomic E-state index is 0.0146. The van der Waals surface area contributed by atoms with Crippen molar-refractivity contribution in [1.82, 2.24) is 36.1 Å². The fourth-order valence-electron chi connectivity index (χ4n) is 11.7. The number of aromatic carboxylic acids is 1. The standard InChI is InChI=1S/C62H72ClFN12O12S2/c1-5-23-65-60(85)68-39-12-8-14-42(27-39)90(87,88)73-40-13-6-10-35(26-40)48(29-51(77)78)72-61(86)67-37-17-19-38(20-18-37)69-62(89)66-34(4)58(82)75-24-9-16-50(75)57(81)71-49(25-33(2)3)56(80)70-47-15-7-11-36-30-74(31-44(36)47)54-46(64)28-43-53(52(54)63)76(41-21-22-41)32-45(55(43)79)59(83)84/h6-8,10,12-15,17-20,26-28,32-34,36,41,44,47-50,73H,5,9,11,16,21-25,29-31H2,1-4H3,(H,70,80)(H,71,81)(H,77,78)(H,83,84)(H2,65,68,85)(H2,66,69,89)(H2,67,72,86)/t34-,36?,44?,47?,48?,49-,50-/m0/s1. The largest absolute Gasteiger partial charge is 0.481 e. The molecule has 3 heterocycles. The average molecular weight is 1300 g/mol. The number of fused-ring (bicyclic) bond motifs is 2. The molecule has 0 radical (unpaired) electrons. The lowest BCUT2D eigenvalue weighted by atomic mass is 9.82. The molecule has 24 nitrogen and oxygen atoms in total. The number of benzene rings is 4. The quantitative estimate of drug-likeness (QED) is 0.0219. The molecule has 90 heavy (non-hydrogen) atoms. The summed E-state index contributed by atoms with van der Waals surface area (Å²) in [4.78, 5) is 108. The number of aliphatic carboxylic acids is 1. The summed E-state index contributed by atoms with van der Waals surface area (Å²) in [5, 5.41) is 42.1. The molecule has 28 heteroatoms. The number of thiocarbonyl (C=S) groups is 1. The summed E-state index contributed by atoms with van der Waals surface area (Å²) in [6.07, 6.45) is 8.65. The number of nitrogens with zero attached hydrogens (tertiary/aromatic N) is 3. The number of rotatable bonds is 23. The molecule has 1 saturated carbocycles. The van der Waals surface area contributed by atoms with Gasteiger partial charge >= 0.3 is 24.0 Å². The van der Waals surface area contributed by atoms with Crippen LogP contribution >= 0.6 is 23.8 Å². The van der Waals surface area contributed by atoms with E-state index >= 15 is 4.39 Å². The summed E-state index contributed by atoms with van der Waals surface area (Å²) in [5.41, 5.74) is 0.503. The number of aromatic nitrogens is 1. The molecular weight excluding hydrogens is 1220 g/mol. The SMILES string of the molecule is CCCNC(=O)Nc1cccc(S(=O)(=O)Nc2cccc(C(CC(=O)O)NC(=O)Nc3ccc(NC(=S)N[C@@H](C)C(=O)N4CCC[C@H]4C(=O)N[C@@H](CC(C)C)C(=O)NC4C=CCC5CN(c6c(F)cc7c(=O)c(C(=O)O)cn(C8CC8)c7c6Cl)CC54)cc3)c2)c1. The fourth-order valence-corrected chi connectivity index (χ4v) is 13.5. The monoisotopic (exact) mass is 1290 g/mol. The second kappa shape index (κ2) is 28.3. The molecule has 9 rings (SSSR count). The van der Waals surface area contributed by atoms with Crippen molar-refractivity contribution in [2.75, 3.05) is 51.8 Å². The van der Waals surface area contributed by atoms with Gasteiger partial charge in [0.2, 0.25) is 23.2 Å². The van der Waals surface area contributed by atoms with Crippen LogP contribution in [-0.2, 0) is 29.2 Å². The first kappa shape index (κ1) is 65.6. The number of likely N-dealkylation sites (tertiary alicyclic amines) is 1. The van der Waals surface area contributed by atoms with Crippen molar-refractivity contribution in [2.24, 2.45) is 17.8 Å². The lowest BCUT2D eigenvalue weighted by Crippen LogP contribution is -2.57. The van der Waals surface area contributed by atoms with Gasteiger partial charge in [0.05, 0.1) is 45.0 Å². The number of amides is 7. The zero-order valence-corrected chi connectivity index (χ0v) is 52.2. The van der Waals surface area contributed by atoms with Crippen molar-refractivity contribution in [2.45, 2.75) is 120 Å². The Kier molecular flexibility index (Phi) is 20.7. The zero-order valence-electron chi connectivity index (χ0n) is 49.8. The van der Waals surface area contributed by atoms with Crippen LogP contribution in [0.15, 0.2) is 107 Å². The maximum absolute atomic E-state index is 16.2. The maximum Gasteiger partial charge on any atom is 0.341 e. The van der Waals surface area contributed by atoms with Crippen LogP contribution in [0.1, 0.15) is 107 Å². The van der Waals surface area contributed by atoms with E-state index in [-0.39, 0.29) is 78.9 Å². The van der Waals surface area contributed by atoms with Crippen LogP contribution in [-0.4, -0.2) is 125 Å². The highest BCUT2D eigenvalue weighted by Crippen LogP contribution is 2.45. The van der Waals surface area contributed by atoms with Crippen LogP contribution in [0, 0.1) is 23.6 Å². The molecule has 2 aliphatic carbocycles. The number of halogens is 2. The second-order valence-electron chi connectivity index (χ2n) is 23.4. The molecule has 7 atom stereocenters. The van der Waals surface area contributed by atoms with Crippen LogP contribution in [0.25, 0.3) is 10.9 Å². The van der Waals surface area contributed by atoms with Crippen molar-refractivity contribution in [3.05, 3.63) is 129 Å². The van der Waals surface area contributed by atoms with Gasteiger partial charge in [-0.3, -0.25) is 28.7 Å². The first-order chi connectivity index (χ1) is 42.9. The summed E-state index contributed by atoms with van der Waals surface area (Å²) < 4.78 is 47.2. The van der Waals surface area contributed by atoms with Crippen LogP contribution in [0.4, 0.5) is 42.4 Å². The minimum atomic E-state index is -4.19. The summed E-state index contributed by atoms with van der Waals surface area (Å²) in [5.74, 6) is -4.94. The van der Waals surface area contributed by atoms with Crippen LogP contribution < -0.4 is 57.6 Å². The molecule has 0 bridgehead atoms. The van der Waals surface area contributed by atoms with E-state index in [9.17, 15) is 57.0 Å². The molecule has 1 aromatic heterocycles. The molecule has 7 amide bonds. The predicted molar refractivity (Wildman–Crippen MR) is 343 cm³/mol. The Balaban J connectivity index is 0.765. The van der Waals surface area contributed by atoms with Gasteiger partial charge in [-0.2, -0.15) is 0 Å². The smallest absolute Gasteiger partial charge is 0.341 e. The summed E-state index contributed by atoms with van der Waals surface area (Å²) in [7, 11) is -4.19. The van der Waals surface area contributed by atoms with Gasteiger partial charge in [0.25, 0.3) is 10.0 Å². The fraction of sp³-hybridized carbons (Fsp3) is 0.403. The molecule has 5 aromatic rings. The average Bonchev–Trinajstić information content (AvgIpc) is 1.37. The number of hydrogen-bond acceptors (Lipinski definition) is 12. The van der Waals surface area contributed by atoms with E-state index in [0.29, 0.717) is 63.1 Å². The highest BCUT2D eigenvalue weighted by molar-refractivity contribution is 7.92. The van der Waals surface area contributed by atoms with E-state index in [1.54, 1.807) is 35.8 Å². The number of carboxylic acid groups (broad SMARTS) is 2. The van der Waals surface area contributed by atoms with E-state index in [1.807, 2.05) is 37.8 Å². The lowest BCUT2D eigenvalue weighted by molar-refractivity contribution is -0.140. The number of carboxylic acids is 2. The third-order valence-electron chi connectivity index (χ3n) is 16.2. The van der Waals surface area contributed by atoms with Crippen molar-refractivity contribution in [3.63, 3.8) is 0 Å². The first-order valence-electron chi connectivity index (χ1n) is 29.7. The number of urea groups is 2. The molecule has 2 saturated heterocycles. The van der Waals surface area contributed by atoms with Gasteiger partial charge in [0.1, 0.15) is 29.5 Å². The number of anilines is 5. The first-order valence-corrected chi connectivity index (χ1v) is 32.0. The maximum atomic E-state index is 16.2. The number of pyridine rings is 1. The van der Waals surface area contributed by atoms with E-state index in [1.165, 1.54) is 59.6 Å². The number of allylic oxidation sites excluding steroid dienone is 1. The Bertz CT molecular complexity index is 3830. The van der Waals surface area contributed by atoms with Gasteiger partial charge in [0.15, 0.2) is 5.11 Å². The summed E-state index contributed by atoms with van der Waals surface area (Å²) >= 11 is 12.6. The van der Waals surface area contributed by atoms with Gasteiger partial charge < -0.3 is 67.1 Å². The molecule has 478 valence electrons. The van der Waals surface area contributed by atoms with Crippen molar-refractivity contribution < 1.29 is 56.6 Å². The van der Waals surface area contributed by atoms with Crippen molar-refractivity contribution in [3.8, 4) is 0 Å². The van der Waals surface area contributed by atoms with Gasteiger partial charge in [-0.15, -0.1) is 0 Å². The van der Waals surface area contributed by atoms with Gasteiger partial charge in [-0.05, 0) is 142 Å². The van der Waals surface area contributed by atoms with Crippen LogP contribution in [0.2, 0.25) is 5.02 Å². The highest BCUT2D eigenvalue weighted by atomic mass is 35.5. The molecular formula is C62H72ClFN12O12S2. The van der Waals surface area contributed by atoms with Gasteiger partial charge in [-0.1, -0.05) is 62.7 Å². The van der Waals surface area contributed by atoms with E-state index in [4.69, 9.17) is 23.8 Å². The Hall–Kier alpha value is -8.82. The van der Waals surface area contributed by atoms with Crippen LogP contribution in [0.3, 0.4) is 0 Å².